The predicted molar refractivity (Wildman–Crippen MR) is 53.7 cm³/mol. The SMILES string of the molecule is CC(C)(N)c1ccc(Cl)cc1C(F)(F)F. The Hall–Kier alpha value is -0.740. The monoisotopic (exact) mass is 237 g/mol. The van der Waals surface area contributed by atoms with E-state index in [9.17, 15) is 13.2 Å². The predicted octanol–water partition coefficient (Wildman–Crippen LogP) is 3.55. The molecule has 0 unspecified atom stereocenters. The van der Waals surface area contributed by atoms with Gasteiger partial charge in [-0.3, -0.25) is 0 Å². The second kappa shape index (κ2) is 3.68. The van der Waals surface area contributed by atoms with Crippen LogP contribution in [0.25, 0.3) is 0 Å². The maximum absolute atomic E-state index is 12.6. The minimum Gasteiger partial charge on any atom is -0.322 e. The van der Waals surface area contributed by atoms with Crippen LogP contribution in [0.4, 0.5) is 13.2 Å². The van der Waals surface area contributed by atoms with Crippen LogP contribution in [0.3, 0.4) is 0 Å². The second-order valence-electron chi connectivity index (χ2n) is 3.91. The summed E-state index contributed by atoms with van der Waals surface area (Å²) in [6, 6.07) is 3.61. The average Bonchev–Trinajstić information content (AvgIpc) is 2.00. The molecule has 15 heavy (non-hydrogen) atoms. The topological polar surface area (TPSA) is 26.0 Å². The number of rotatable bonds is 1. The Bertz CT molecular complexity index is 366. The molecule has 0 bridgehead atoms. The average molecular weight is 238 g/mol. The third-order valence-electron chi connectivity index (χ3n) is 1.98. The molecule has 0 heterocycles. The van der Waals surface area contributed by atoms with Gasteiger partial charge in [0.1, 0.15) is 0 Å². The van der Waals surface area contributed by atoms with E-state index in [1.165, 1.54) is 26.0 Å². The van der Waals surface area contributed by atoms with Gasteiger partial charge < -0.3 is 5.73 Å². The third kappa shape index (κ3) is 2.86. The highest BCUT2D eigenvalue weighted by Gasteiger charge is 2.36. The molecule has 0 atom stereocenters. The van der Waals surface area contributed by atoms with Crippen LogP contribution in [-0.4, -0.2) is 0 Å². The van der Waals surface area contributed by atoms with Crippen molar-refractivity contribution < 1.29 is 13.2 Å². The molecule has 0 aliphatic heterocycles. The fourth-order valence-electron chi connectivity index (χ4n) is 1.31. The first-order valence-corrected chi connectivity index (χ1v) is 4.66. The molecule has 0 radical (unpaired) electrons. The molecule has 1 nitrogen and oxygen atoms in total. The number of hydrogen-bond acceptors (Lipinski definition) is 1. The lowest BCUT2D eigenvalue weighted by molar-refractivity contribution is -0.138. The molecular formula is C10H11ClF3N. The Balaban J connectivity index is 3.41. The van der Waals surface area contributed by atoms with E-state index in [0.29, 0.717) is 0 Å². The first-order chi connectivity index (χ1) is 6.62. The van der Waals surface area contributed by atoms with Crippen molar-refractivity contribution in [2.24, 2.45) is 5.73 Å². The Kier molecular flexibility index (Phi) is 3.03. The quantitative estimate of drug-likeness (QED) is 0.794. The van der Waals surface area contributed by atoms with Gasteiger partial charge in [-0.15, -0.1) is 0 Å². The van der Waals surface area contributed by atoms with E-state index in [2.05, 4.69) is 0 Å². The molecule has 0 aromatic heterocycles. The molecular weight excluding hydrogens is 227 g/mol. The van der Waals surface area contributed by atoms with E-state index in [1.807, 2.05) is 0 Å². The summed E-state index contributed by atoms with van der Waals surface area (Å²) in [5, 5.41) is 0.0512. The summed E-state index contributed by atoms with van der Waals surface area (Å²) >= 11 is 5.53. The Morgan fingerprint density at radius 1 is 1.13 bits per heavy atom. The van der Waals surface area contributed by atoms with Crippen LogP contribution in [0.2, 0.25) is 5.02 Å². The van der Waals surface area contributed by atoms with E-state index in [-0.39, 0.29) is 10.6 Å². The van der Waals surface area contributed by atoms with Gasteiger partial charge in [-0.05, 0) is 31.5 Å². The van der Waals surface area contributed by atoms with Crippen LogP contribution in [0.5, 0.6) is 0 Å². The van der Waals surface area contributed by atoms with Crippen molar-refractivity contribution >= 4 is 11.6 Å². The van der Waals surface area contributed by atoms with Crippen LogP contribution >= 0.6 is 11.6 Å². The lowest BCUT2D eigenvalue weighted by Crippen LogP contribution is -2.31. The zero-order chi connectivity index (χ0) is 11.9. The minimum absolute atomic E-state index is 0.0411. The molecule has 1 rings (SSSR count). The highest BCUT2D eigenvalue weighted by molar-refractivity contribution is 6.30. The van der Waals surface area contributed by atoms with Gasteiger partial charge in [0.05, 0.1) is 5.56 Å². The van der Waals surface area contributed by atoms with E-state index in [4.69, 9.17) is 17.3 Å². The van der Waals surface area contributed by atoms with E-state index >= 15 is 0 Å². The molecule has 0 amide bonds. The standard InChI is InChI=1S/C10H11ClF3N/c1-9(2,15)7-4-3-6(11)5-8(7)10(12,13)14/h3-5H,15H2,1-2H3. The van der Waals surface area contributed by atoms with Crippen LogP contribution in [0, 0.1) is 0 Å². The Morgan fingerprint density at radius 3 is 2.07 bits per heavy atom. The van der Waals surface area contributed by atoms with Gasteiger partial charge in [-0.2, -0.15) is 13.2 Å². The smallest absolute Gasteiger partial charge is 0.322 e. The number of alkyl halides is 3. The maximum Gasteiger partial charge on any atom is 0.416 e. The van der Waals surface area contributed by atoms with Gasteiger partial charge in [0.2, 0.25) is 0 Å². The molecule has 0 aliphatic rings. The summed E-state index contributed by atoms with van der Waals surface area (Å²) in [5.41, 5.74) is 3.88. The number of hydrogen-bond donors (Lipinski definition) is 1. The molecule has 2 N–H and O–H groups in total. The van der Waals surface area contributed by atoms with Gasteiger partial charge >= 0.3 is 6.18 Å². The van der Waals surface area contributed by atoms with E-state index in [0.717, 1.165) is 6.07 Å². The highest BCUT2D eigenvalue weighted by Crippen LogP contribution is 2.37. The third-order valence-corrected chi connectivity index (χ3v) is 2.22. The fourth-order valence-corrected chi connectivity index (χ4v) is 1.48. The minimum atomic E-state index is -4.43. The first kappa shape index (κ1) is 12.3. The highest BCUT2D eigenvalue weighted by atomic mass is 35.5. The van der Waals surface area contributed by atoms with Crippen molar-refractivity contribution in [3.8, 4) is 0 Å². The molecule has 0 spiro atoms. The van der Waals surface area contributed by atoms with Crippen molar-refractivity contribution in [3.05, 3.63) is 34.3 Å². The zero-order valence-corrected chi connectivity index (χ0v) is 9.08. The number of halogens is 4. The van der Waals surface area contributed by atoms with Crippen LogP contribution < -0.4 is 5.73 Å². The van der Waals surface area contributed by atoms with Gasteiger partial charge in [0.25, 0.3) is 0 Å². The maximum atomic E-state index is 12.6. The Morgan fingerprint density at radius 2 is 1.67 bits per heavy atom. The molecule has 0 aliphatic carbocycles. The number of benzene rings is 1. The largest absolute Gasteiger partial charge is 0.416 e. The number of nitrogens with two attached hydrogens (primary N) is 1. The molecule has 84 valence electrons. The lowest BCUT2D eigenvalue weighted by Gasteiger charge is -2.24. The van der Waals surface area contributed by atoms with Gasteiger partial charge in [0.15, 0.2) is 0 Å². The zero-order valence-electron chi connectivity index (χ0n) is 8.32. The molecule has 1 aromatic rings. The summed E-state index contributed by atoms with van der Waals surface area (Å²) in [6.45, 7) is 3.04. The van der Waals surface area contributed by atoms with Crippen molar-refractivity contribution in [2.75, 3.05) is 0 Å². The normalized spacial score (nSPS) is 13.0. The summed E-state index contributed by atoms with van der Waals surface area (Å²) < 4.78 is 37.9. The fraction of sp³-hybridized carbons (Fsp3) is 0.400. The van der Waals surface area contributed by atoms with Gasteiger partial charge in [0, 0.05) is 10.6 Å². The summed E-state index contributed by atoms with van der Waals surface area (Å²) in [6.07, 6.45) is -4.43. The first-order valence-electron chi connectivity index (χ1n) is 4.28. The van der Waals surface area contributed by atoms with Gasteiger partial charge in [-0.25, -0.2) is 0 Å². The second-order valence-corrected chi connectivity index (χ2v) is 4.35. The summed E-state index contributed by atoms with van der Waals surface area (Å²) in [4.78, 5) is 0. The molecule has 0 fully saturated rings. The van der Waals surface area contributed by atoms with E-state index < -0.39 is 17.3 Å². The summed E-state index contributed by atoms with van der Waals surface area (Å²) in [5.74, 6) is 0. The molecule has 0 saturated heterocycles. The molecule has 5 heteroatoms. The van der Waals surface area contributed by atoms with Crippen molar-refractivity contribution in [1.82, 2.24) is 0 Å². The van der Waals surface area contributed by atoms with Crippen molar-refractivity contribution in [2.45, 2.75) is 25.6 Å². The summed E-state index contributed by atoms with van der Waals surface area (Å²) in [7, 11) is 0. The van der Waals surface area contributed by atoms with Crippen LogP contribution in [0.1, 0.15) is 25.0 Å². The van der Waals surface area contributed by atoms with E-state index in [1.54, 1.807) is 0 Å². The van der Waals surface area contributed by atoms with Crippen molar-refractivity contribution in [3.63, 3.8) is 0 Å². The van der Waals surface area contributed by atoms with Crippen LogP contribution in [-0.2, 0) is 11.7 Å². The van der Waals surface area contributed by atoms with Gasteiger partial charge in [-0.1, -0.05) is 17.7 Å². The van der Waals surface area contributed by atoms with Crippen LogP contribution in [0.15, 0.2) is 18.2 Å². The lowest BCUT2D eigenvalue weighted by atomic mass is 9.91. The van der Waals surface area contributed by atoms with Crippen molar-refractivity contribution in [1.29, 1.82) is 0 Å². The molecule has 0 saturated carbocycles. The Labute approximate surface area is 91.0 Å². The molecule has 1 aromatic carbocycles.